The molecule has 0 radical (unpaired) electrons. The molecule has 0 bridgehead atoms. The van der Waals surface area contributed by atoms with Gasteiger partial charge in [-0.3, -0.25) is 9.69 Å². The zero-order chi connectivity index (χ0) is 16.3. The number of carbonyl (C=O) groups is 1. The van der Waals surface area contributed by atoms with Gasteiger partial charge in [-0.05, 0) is 70.7 Å². The summed E-state index contributed by atoms with van der Waals surface area (Å²) in [6.07, 6.45) is 2.18. The van der Waals surface area contributed by atoms with Crippen LogP contribution in [0.15, 0.2) is 12.1 Å². The van der Waals surface area contributed by atoms with Crippen molar-refractivity contribution in [3.05, 3.63) is 28.8 Å². The summed E-state index contributed by atoms with van der Waals surface area (Å²) >= 11 is 0. The van der Waals surface area contributed by atoms with E-state index in [0.717, 1.165) is 42.7 Å². The van der Waals surface area contributed by atoms with Crippen LogP contribution in [0.2, 0.25) is 0 Å². The molecular weight excluding hydrogens is 310 g/mol. The number of amides is 1. The van der Waals surface area contributed by atoms with E-state index >= 15 is 0 Å². The van der Waals surface area contributed by atoms with Crippen LogP contribution in [0.3, 0.4) is 0 Å². The minimum absolute atomic E-state index is 0. The van der Waals surface area contributed by atoms with Crippen molar-refractivity contribution < 1.29 is 4.79 Å². The standard InChI is InChI=1S/C18H29N3O.ClH/c1-12-9-13(2)18(14(3)10-12)20-17(22)11-21-7-5-16(6-8-21)15(4)19;/h9-10,15-16H,5-8,11,19H2,1-4H3,(H,20,22);1H. The fourth-order valence-corrected chi connectivity index (χ4v) is 3.40. The number of carbonyl (C=O) groups excluding carboxylic acids is 1. The van der Waals surface area contributed by atoms with Crippen LogP contribution in [0.1, 0.15) is 36.5 Å². The van der Waals surface area contributed by atoms with E-state index in [-0.39, 0.29) is 24.4 Å². The normalized spacial score (nSPS) is 17.4. The predicted molar refractivity (Wildman–Crippen MR) is 99.3 cm³/mol. The molecule has 1 heterocycles. The summed E-state index contributed by atoms with van der Waals surface area (Å²) in [5.41, 5.74) is 10.4. The highest BCUT2D eigenvalue weighted by molar-refractivity contribution is 5.93. The van der Waals surface area contributed by atoms with E-state index in [1.807, 2.05) is 13.8 Å². The number of hydrogen-bond donors (Lipinski definition) is 2. The number of rotatable bonds is 4. The van der Waals surface area contributed by atoms with Gasteiger partial charge in [0, 0.05) is 11.7 Å². The number of piperidine rings is 1. The maximum atomic E-state index is 12.3. The monoisotopic (exact) mass is 339 g/mol. The fraction of sp³-hybridized carbons (Fsp3) is 0.611. The van der Waals surface area contributed by atoms with Crippen molar-refractivity contribution in [1.82, 2.24) is 4.90 Å². The number of nitrogens with one attached hydrogen (secondary N) is 1. The lowest BCUT2D eigenvalue weighted by molar-refractivity contribution is -0.117. The van der Waals surface area contributed by atoms with E-state index in [4.69, 9.17) is 5.73 Å². The van der Waals surface area contributed by atoms with E-state index < -0.39 is 0 Å². The third kappa shape index (κ3) is 5.48. The molecule has 1 aliphatic heterocycles. The zero-order valence-electron chi connectivity index (χ0n) is 14.7. The van der Waals surface area contributed by atoms with Gasteiger partial charge in [-0.15, -0.1) is 12.4 Å². The SMILES string of the molecule is Cc1cc(C)c(NC(=O)CN2CCC(C(C)N)CC2)c(C)c1.Cl. The van der Waals surface area contributed by atoms with Crippen molar-refractivity contribution in [2.24, 2.45) is 11.7 Å². The molecular formula is C18H30ClN3O. The van der Waals surface area contributed by atoms with Crippen LogP contribution in [0.25, 0.3) is 0 Å². The van der Waals surface area contributed by atoms with E-state index in [1.165, 1.54) is 5.56 Å². The Morgan fingerprint density at radius 3 is 2.26 bits per heavy atom. The van der Waals surface area contributed by atoms with Crippen LogP contribution in [0.5, 0.6) is 0 Å². The molecule has 0 aromatic heterocycles. The van der Waals surface area contributed by atoms with Gasteiger partial charge >= 0.3 is 0 Å². The van der Waals surface area contributed by atoms with Gasteiger partial charge in [0.2, 0.25) is 5.91 Å². The summed E-state index contributed by atoms with van der Waals surface area (Å²) < 4.78 is 0. The molecule has 5 heteroatoms. The average Bonchev–Trinajstić information content (AvgIpc) is 2.43. The lowest BCUT2D eigenvalue weighted by atomic mass is 9.91. The second-order valence-corrected chi connectivity index (χ2v) is 6.79. The van der Waals surface area contributed by atoms with Gasteiger partial charge in [0.05, 0.1) is 6.54 Å². The molecule has 2 rings (SSSR count). The topological polar surface area (TPSA) is 58.4 Å². The van der Waals surface area contributed by atoms with Crippen LogP contribution in [0.4, 0.5) is 5.69 Å². The number of benzene rings is 1. The van der Waals surface area contributed by atoms with Crippen LogP contribution in [0, 0.1) is 26.7 Å². The molecule has 23 heavy (non-hydrogen) atoms. The van der Waals surface area contributed by atoms with E-state index in [9.17, 15) is 4.79 Å². The molecule has 130 valence electrons. The molecule has 1 saturated heterocycles. The summed E-state index contributed by atoms with van der Waals surface area (Å²) in [4.78, 5) is 14.5. The molecule has 1 aliphatic rings. The summed E-state index contributed by atoms with van der Waals surface area (Å²) in [5, 5.41) is 3.08. The smallest absolute Gasteiger partial charge is 0.238 e. The predicted octanol–water partition coefficient (Wildman–Crippen LogP) is 3.03. The van der Waals surface area contributed by atoms with Crippen molar-refractivity contribution in [2.45, 2.75) is 46.6 Å². The molecule has 3 N–H and O–H groups in total. The number of likely N-dealkylation sites (tertiary alicyclic amines) is 1. The van der Waals surface area contributed by atoms with E-state index in [0.29, 0.717) is 12.5 Å². The van der Waals surface area contributed by atoms with Crippen LogP contribution < -0.4 is 11.1 Å². The van der Waals surface area contributed by atoms with Crippen LogP contribution in [-0.4, -0.2) is 36.5 Å². The summed E-state index contributed by atoms with van der Waals surface area (Å²) in [6, 6.07) is 4.47. The maximum Gasteiger partial charge on any atom is 0.238 e. The fourth-order valence-electron chi connectivity index (χ4n) is 3.40. The van der Waals surface area contributed by atoms with Crippen molar-refractivity contribution in [3.63, 3.8) is 0 Å². The van der Waals surface area contributed by atoms with Crippen molar-refractivity contribution >= 4 is 24.0 Å². The first kappa shape index (κ1) is 19.9. The largest absolute Gasteiger partial charge is 0.328 e. The third-order valence-electron chi connectivity index (χ3n) is 4.68. The lowest BCUT2D eigenvalue weighted by Gasteiger charge is -2.33. The Balaban J connectivity index is 0.00000264. The van der Waals surface area contributed by atoms with Crippen LogP contribution in [-0.2, 0) is 4.79 Å². The van der Waals surface area contributed by atoms with E-state index in [2.05, 4.69) is 36.2 Å². The quantitative estimate of drug-likeness (QED) is 0.886. The highest BCUT2D eigenvalue weighted by Crippen LogP contribution is 2.22. The third-order valence-corrected chi connectivity index (χ3v) is 4.68. The van der Waals surface area contributed by atoms with Gasteiger partial charge in [0.15, 0.2) is 0 Å². The molecule has 1 atom stereocenters. The van der Waals surface area contributed by atoms with Gasteiger partial charge in [-0.25, -0.2) is 0 Å². The Kier molecular flexibility index (Phi) is 7.52. The number of nitrogens with two attached hydrogens (primary N) is 1. The summed E-state index contributed by atoms with van der Waals surface area (Å²) in [7, 11) is 0. The molecule has 1 amide bonds. The summed E-state index contributed by atoms with van der Waals surface area (Å²) in [6.45, 7) is 10.6. The van der Waals surface area contributed by atoms with Crippen LogP contribution >= 0.6 is 12.4 Å². The van der Waals surface area contributed by atoms with Gasteiger partial charge in [0.25, 0.3) is 0 Å². The molecule has 0 saturated carbocycles. The number of hydrogen-bond acceptors (Lipinski definition) is 3. The minimum atomic E-state index is 0. The molecule has 1 aromatic rings. The average molecular weight is 340 g/mol. The second kappa shape index (κ2) is 8.67. The highest BCUT2D eigenvalue weighted by atomic mass is 35.5. The summed E-state index contributed by atoms with van der Waals surface area (Å²) in [5.74, 6) is 0.676. The van der Waals surface area contributed by atoms with Gasteiger partial charge in [-0.1, -0.05) is 17.7 Å². The molecule has 0 spiro atoms. The Hall–Kier alpha value is -1.10. The minimum Gasteiger partial charge on any atom is -0.328 e. The Labute approximate surface area is 146 Å². The molecule has 0 aliphatic carbocycles. The van der Waals surface area contributed by atoms with Gasteiger partial charge < -0.3 is 11.1 Å². The Morgan fingerprint density at radius 1 is 1.26 bits per heavy atom. The molecule has 1 fully saturated rings. The van der Waals surface area contributed by atoms with Crippen molar-refractivity contribution in [2.75, 3.05) is 25.0 Å². The Morgan fingerprint density at radius 2 is 1.78 bits per heavy atom. The van der Waals surface area contributed by atoms with E-state index in [1.54, 1.807) is 0 Å². The highest BCUT2D eigenvalue weighted by Gasteiger charge is 2.23. The zero-order valence-corrected chi connectivity index (χ0v) is 15.5. The first-order valence-electron chi connectivity index (χ1n) is 8.22. The second-order valence-electron chi connectivity index (χ2n) is 6.79. The molecule has 1 aromatic carbocycles. The number of aryl methyl sites for hydroxylation is 3. The molecule has 1 unspecified atom stereocenters. The van der Waals surface area contributed by atoms with Gasteiger partial charge in [0.1, 0.15) is 0 Å². The lowest BCUT2D eigenvalue weighted by Crippen LogP contribution is -2.42. The molecule has 4 nitrogen and oxygen atoms in total. The number of halogens is 1. The van der Waals surface area contributed by atoms with Gasteiger partial charge in [-0.2, -0.15) is 0 Å². The van der Waals surface area contributed by atoms with Crippen molar-refractivity contribution in [3.8, 4) is 0 Å². The first-order valence-corrected chi connectivity index (χ1v) is 8.22. The van der Waals surface area contributed by atoms with Crippen molar-refractivity contribution in [1.29, 1.82) is 0 Å². The number of anilines is 1. The number of nitrogens with zero attached hydrogens (tertiary/aromatic N) is 1. The maximum absolute atomic E-state index is 12.3. The first-order chi connectivity index (χ1) is 10.4. The Bertz CT molecular complexity index is 514.